The fourth-order valence-electron chi connectivity index (χ4n) is 1.13. The lowest BCUT2D eigenvalue weighted by Crippen LogP contribution is -2.12. The van der Waals surface area contributed by atoms with Crippen molar-refractivity contribution in [3.63, 3.8) is 0 Å². The summed E-state index contributed by atoms with van der Waals surface area (Å²) in [5.41, 5.74) is 0. The van der Waals surface area contributed by atoms with Gasteiger partial charge in [-0.3, -0.25) is 0 Å². The molecule has 0 radical (unpaired) electrons. The SMILES string of the molecule is CCC(CS)COc1cc(Cl)cc(Cl)c1. The zero-order chi connectivity index (χ0) is 11.3. The number of hydrogen-bond acceptors (Lipinski definition) is 2. The van der Waals surface area contributed by atoms with Crippen molar-refractivity contribution in [3.05, 3.63) is 28.2 Å². The Morgan fingerprint density at radius 3 is 2.33 bits per heavy atom. The number of halogens is 2. The van der Waals surface area contributed by atoms with Gasteiger partial charge in [-0.1, -0.05) is 30.1 Å². The zero-order valence-corrected chi connectivity index (χ0v) is 10.9. The third-order valence-electron chi connectivity index (χ3n) is 2.16. The molecule has 0 aliphatic carbocycles. The second-order valence-electron chi connectivity index (χ2n) is 3.37. The van der Waals surface area contributed by atoms with Crippen LogP contribution in [0.25, 0.3) is 0 Å². The van der Waals surface area contributed by atoms with Gasteiger partial charge >= 0.3 is 0 Å². The van der Waals surface area contributed by atoms with Gasteiger partial charge in [0.05, 0.1) is 6.61 Å². The average Bonchev–Trinajstić information content (AvgIpc) is 2.18. The molecule has 0 aliphatic rings. The highest BCUT2D eigenvalue weighted by molar-refractivity contribution is 7.80. The number of ether oxygens (including phenoxy) is 1. The van der Waals surface area contributed by atoms with E-state index in [1.165, 1.54) is 0 Å². The van der Waals surface area contributed by atoms with E-state index in [9.17, 15) is 0 Å². The van der Waals surface area contributed by atoms with Crippen molar-refractivity contribution in [2.45, 2.75) is 13.3 Å². The van der Waals surface area contributed by atoms with Crippen molar-refractivity contribution in [3.8, 4) is 5.75 Å². The second kappa shape index (κ2) is 6.51. The van der Waals surface area contributed by atoms with E-state index in [2.05, 4.69) is 19.6 Å². The first-order valence-corrected chi connectivity index (χ1v) is 6.24. The molecule has 0 amide bonds. The monoisotopic (exact) mass is 264 g/mol. The Bertz CT molecular complexity index is 293. The lowest BCUT2D eigenvalue weighted by Gasteiger charge is -2.13. The van der Waals surface area contributed by atoms with Crippen LogP contribution >= 0.6 is 35.8 Å². The minimum absolute atomic E-state index is 0.464. The molecule has 1 rings (SSSR count). The Labute approximate surface area is 106 Å². The molecule has 1 atom stereocenters. The summed E-state index contributed by atoms with van der Waals surface area (Å²) >= 11 is 16.0. The van der Waals surface area contributed by atoms with Crippen LogP contribution in [0.5, 0.6) is 5.75 Å². The van der Waals surface area contributed by atoms with Crippen LogP contribution in [-0.4, -0.2) is 12.4 Å². The van der Waals surface area contributed by atoms with Gasteiger partial charge in [0.1, 0.15) is 5.75 Å². The molecule has 1 unspecified atom stereocenters. The van der Waals surface area contributed by atoms with Gasteiger partial charge in [-0.15, -0.1) is 0 Å². The number of rotatable bonds is 5. The molecule has 0 saturated carbocycles. The highest BCUT2D eigenvalue weighted by atomic mass is 35.5. The summed E-state index contributed by atoms with van der Waals surface area (Å²) in [5.74, 6) is 2.00. The Balaban J connectivity index is 2.57. The van der Waals surface area contributed by atoms with Crippen molar-refractivity contribution in [2.24, 2.45) is 5.92 Å². The molecule has 0 saturated heterocycles. The van der Waals surface area contributed by atoms with Crippen molar-refractivity contribution in [1.29, 1.82) is 0 Å². The molecule has 0 aliphatic heterocycles. The lowest BCUT2D eigenvalue weighted by atomic mass is 10.1. The zero-order valence-electron chi connectivity index (χ0n) is 8.54. The summed E-state index contributed by atoms with van der Waals surface area (Å²) < 4.78 is 5.59. The van der Waals surface area contributed by atoms with Crippen LogP contribution < -0.4 is 4.74 Å². The summed E-state index contributed by atoms with van der Waals surface area (Å²) in [6.45, 7) is 2.77. The predicted octanol–water partition coefficient (Wildman–Crippen LogP) is 4.33. The van der Waals surface area contributed by atoms with Crippen molar-refractivity contribution in [2.75, 3.05) is 12.4 Å². The molecule has 84 valence electrons. The number of benzene rings is 1. The van der Waals surface area contributed by atoms with Gasteiger partial charge in [-0.2, -0.15) is 12.6 Å². The lowest BCUT2D eigenvalue weighted by molar-refractivity contribution is 0.259. The molecule has 0 fully saturated rings. The Kier molecular flexibility index (Phi) is 5.65. The number of hydrogen-bond donors (Lipinski definition) is 1. The molecule has 1 aromatic rings. The molecule has 1 nitrogen and oxygen atoms in total. The van der Waals surface area contributed by atoms with Crippen molar-refractivity contribution < 1.29 is 4.74 Å². The van der Waals surface area contributed by atoms with Gasteiger partial charge in [-0.25, -0.2) is 0 Å². The van der Waals surface area contributed by atoms with E-state index in [1.807, 2.05) is 0 Å². The van der Waals surface area contributed by atoms with Crippen LogP contribution in [-0.2, 0) is 0 Å². The van der Waals surface area contributed by atoms with Gasteiger partial charge in [0.25, 0.3) is 0 Å². The first-order valence-electron chi connectivity index (χ1n) is 4.85. The van der Waals surface area contributed by atoms with Crippen LogP contribution in [0.3, 0.4) is 0 Å². The van der Waals surface area contributed by atoms with E-state index in [0.29, 0.717) is 28.3 Å². The molecule has 15 heavy (non-hydrogen) atoms. The number of thiol groups is 1. The van der Waals surface area contributed by atoms with E-state index in [1.54, 1.807) is 18.2 Å². The minimum atomic E-state index is 0.464. The van der Waals surface area contributed by atoms with Crippen LogP contribution in [0.2, 0.25) is 10.0 Å². The summed E-state index contributed by atoms with van der Waals surface area (Å²) in [4.78, 5) is 0. The maximum atomic E-state index is 5.85. The highest BCUT2D eigenvalue weighted by Crippen LogP contribution is 2.24. The van der Waals surface area contributed by atoms with E-state index in [-0.39, 0.29) is 0 Å². The standard InChI is InChI=1S/C11H14Cl2OS/c1-2-8(7-15)6-14-11-4-9(12)3-10(13)5-11/h3-5,8,15H,2,6-7H2,1H3. The molecule has 0 N–H and O–H groups in total. The van der Waals surface area contributed by atoms with E-state index >= 15 is 0 Å². The van der Waals surface area contributed by atoms with Crippen molar-refractivity contribution >= 4 is 35.8 Å². The largest absolute Gasteiger partial charge is 0.493 e. The average molecular weight is 265 g/mol. The normalized spacial score (nSPS) is 12.5. The van der Waals surface area contributed by atoms with Crippen LogP contribution in [0, 0.1) is 5.92 Å². The molecule has 4 heteroatoms. The molecular weight excluding hydrogens is 251 g/mol. The van der Waals surface area contributed by atoms with Crippen molar-refractivity contribution in [1.82, 2.24) is 0 Å². The van der Waals surface area contributed by atoms with E-state index in [0.717, 1.165) is 12.2 Å². The predicted molar refractivity (Wildman–Crippen MR) is 69.6 cm³/mol. The molecule has 0 aromatic heterocycles. The fourth-order valence-corrected chi connectivity index (χ4v) is 2.00. The Morgan fingerprint density at radius 2 is 1.87 bits per heavy atom. The van der Waals surface area contributed by atoms with Gasteiger partial charge in [-0.05, 0) is 30.4 Å². The smallest absolute Gasteiger partial charge is 0.122 e. The first kappa shape index (κ1) is 13.0. The fraction of sp³-hybridized carbons (Fsp3) is 0.455. The van der Waals surface area contributed by atoms with E-state index < -0.39 is 0 Å². The summed E-state index contributed by atoms with van der Waals surface area (Å²) in [7, 11) is 0. The third kappa shape index (κ3) is 4.54. The van der Waals surface area contributed by atoms with Gasteiger partial charge < -0.3 is 4.74 Å². The van der Waals surface area contributed by atoms with Gasteiger partial charge in [0, 0.05) is 16.0 Å². The molecule has 0 bridgehead atoms. The highest BCUT2D eigenvalue weighted by Gasteiger charge is 2.05. The maximum Gasteiger partial charge on any atom is 0.122 e. The molecule has 0 heterocycles. The molecule has 1 aromatic carbocycles. The van der Waals surface area contributed by atoms with Gasteiger partial charge in [0.2, 0.25) is 0 Å². The second-order valence-corrected chi connectivity index (χ2v) is 4.61. The van der Waals surface area contributed by atoms with Crippen LogP contribution in [0.1, 0.15) is 13.3 Å². The summed E-state index contributed by atoms with van der Waals surface area (Å²) in [5, 5.41) is 1.19. The van der Waals surface area contributed by atoms with Gasteiger partial charge in [0.15, 0.2) is 0 Å². The van der Waals surface area contributed by atoms with E-state index in [4.69, 9.17) is 27.9 Å². The van der Waals surface area contributed by atoms with Crippen LogP contribution in [0.4, 0.5) is 0 Å². The Hall–Kier alpha value is -0.0500. The molecular formula is C11H14Cl2OS. The summed E-state index contributed by atoms with van der Waals surface area (Å²) in [6.07, 6.45) is 1.05. The first-order chi connectivity index (χ1) is 7.15. The third-order valence-corrected chi connectivity index (χ3v) is 3.11. The maximum absolute atomic E-state index is 5.85. The quantitative estimate of drug-likeness (QED) is 0.780. The minimum Gasteiger partial charge on any atom is -0.493 e. The summed E-state index contributed by atoms with van der Waals surface area (Å²) in [6, 6.07) is 5.21. The topological polar surface area (TPSA) is 9.23 Å². The molecule has 0 spiro atoms. The Morgan fingerprint density at radius 1 is 1.27 bits per heavy atom. The van der Waals surface area contributed by atoms with Crippen LogP contribution in [0.15, 0.2) is 18.2 Å².